The van der Waals surface area contributed by atoms with Crippen LogP contribution in [0.5, 0.6) is 0 Å². The van der Waals surface area contributed by atoms with Gasteiger partial charge in [0.1, 0.15) is 5.76 Å². The van der Waals surface area contributed by atoms with Crippen molar-refractivity contribution in [3.05, 3.63) is 83.5 Å². The Kier molecular flexibility index (Phi) is 5.78. The van der Waals surface area contributed by atoms with Gasteiger partial charge in [0.05, 0.1) is 18.1 Å². The Morgan fingerprint density at radius 2 is 2.10 bits per heavy atom. The van der Waals surface area contributed by atoms with Crippen LogP contribution in [0.25, 0.3) is 11.4 Å². The number of benzene rings is 1. The van der Waals surface area contributed by atoms with Gasteiger partial charge in [-0.15, -0.1) is 10.2 Å². The summed E-state index contributed by atoms with van der Waals surface area (Å²) in [4.78, 5) is 17.0. The molecule has 0 amide bonds. The number of carbonyl (C=O) groups is 1. The highest BCUT2D eigenvalue weighted by atomic mass is 35.5. The van der Waals surface area contributed by atoms with Gasteiger partial charge in [-0.2, -0.15) is 0 Å². The lowest BCUT2D eigenvalue weighted by molar-refractivity contribution is 0.0994. The van der Waals surface area contributed by atoms with Crippen molar-refractivity contribution in [3.8, 4) is 11.4 Å². The molecule has 0 saturated heterocycles. The molecule has 0 saturated carbocycles. The number of carbonyl (C=O) groups excluding carboxylic acids is 1. The van der Waals surface area contributed by atoms with E-state index < -0.39 is 0 Å². The SMILES string of the molecule is CC(Sc1nnc(-c2cccnc2)n1Cc1ccco1)C(=O)c1cccc(Cl)c1. The van der Waals surface area contributed by atoms with Crippen LogP contribution in [0.2, 0.25) is 5.02 Å². The third kappa shape index (κ3) is 4.41. The predicted molar refractivity (Wildman–Crippen MR) is 112 cm³/mol. The summed E-state index contributed by atoms with van der Waals surface area (Å²) < 4.78 is 7.44. The molecule has 0 bridgehead atoms. The van der Waals surface area contributed by atoms with Crippen molar-refractivity contribution in [2.75, 3.05) is 0 Å². The Morgan fingerprint density at radius 1 is 1.21 bits per heavy atom. The molecule has 1 aromatic carbocycles. The van der Waals surface area contributed by atoms with E-state index in [1.165, 1.54) is 11.8 Å². The zero-order valence-electron chi connectivity index (χ0n) is 15.5. The van der Waals surface area contributed by atoms with Crippen molar-refractivity contribution in [2.24, 2.45) is 0 Å². The van der Waals surface area contributed by atoms with E-state index in [-0.39, 0.29) is 11.0 Å². The van der Waals surface area contributed by atoms with Crippen molar-refractivity contribution in [1.29, 1.82) is 0 Å². The van der Waals surface area contributed by atoms with Crippen LogP contribution in [0.3, 0.4) is 0 Å². The summed E-state index contributed by atoms with van der Waals surface area (Å²) in [5.74, 6) is 1.41. The summed E-state index contributed by atoms with van der Waals surface area (Å²) in [5.41, 5.74) is 1.41. The minimum atomic E-state index is -0.366. The van der Waals surface area contributed by atoms with E-state index >= 15 is 0 Å². The molecule has 146 valence electrons. The second kappa shape index (κ2) is 8.63. The zero-order valence-corrected chi connectivity index (χ0v) is 17.1. The van der Waals surface area contributed by atoms with Crippen LogP contribution in [0, 0.1) is 0 Å². The molecule has 0 fully saturated rings. The van der Waals surface area contributed by atoms with Gasteiger partial charge in [-0.3, -0.25) is 14.3 Å². The minimum Gasteiger partial charge on any atom is -0.467 e. The first-order valence-electron chi connectivity index (χ1n) is 8.94. The lowest BCUT2D eigenvalue weighted by atomic mass is 10.1. The van der Waals surface area contributed by atoms with Gasteiger partial charge >= 0.3 is 0 Å². The average molecular weight is 425 g/mol. The maximum Gasteiger partial charge on any atom is 0.192 e. The fourth-order valence-electron chi connectivity index (χ4n) is 2.87. The third-order valence-corrected chi connectivity index (χ3v) is 5.61. The topological polar surface area (TPSA) is 73.8 Å². The van der Waals surface area contributed by atoms with E-state index in [1.54, 1.807) is 42.9 Å². The van der Waals surface area contributed by atoms with Crippen molar-refractivity contribution >= 4 is 29.1 Å². The van der Waals surface area contributed by atoms with Crippen molar-refractivity contribution in [3.63, 3.8) is 0 Å². The van der Waals surface area contributed by atoms with Gasteiger partial charge < -0.3 is 4.42 Å². The number of rotatable bonds is 7. The smallest absolute Gasteiger partial charge is 0.192 e. The Bertz CT molecular complexity index is 1110. The molecular formula is C21H17ClN4O2S. The van der Waals surface area contributed by atoms with Gasteiger partial charge in [-0.1, -0.05) is 35.5 Å². The highest BCUT2D eigenvalue weighted by molar-refractivity contribution is 8.00. The van der Waals surface area contributed by atoms with Crippen LogP contribution >= 0.6 is 23.4 Å². The van der Waals surface area contributed by atoms with E-state index in [9.17, 15) is 4.79 Å². The van der Waals surface area contributed by atoms with Crippen molar-refractivity contribution < 1.29 is 9.21 Å². The maximum absolute atomic E-state index is 12.8. The number of thioether (sulfide) groups is 1. The van der Waals surface area contributed by atoms with Crippen LogP contribution in [0.1, 0.15) is 23.0 Å². The Morgan fingerprint density at radius 3 is 2.83 bits per heavy atom. The maximum atomic E-state index is 12.8. The van der Waals surface area contributed by atoms with Crippen LogP contribution in [0.4, 0.5) is 0 Å². The van der Waals surface area contributed by atoms with Gasteiger partial charge in [-0.25, -0.2) is 0 Å². The largest absolute Gasteiger partial charge is 0.467 e. The molecule has 29 heavy (non-hydrogen) atoms. The lowest BCUT2D eigenvalue weighted by Gasteiger charge is -2.12. The highest BCUT2D eigenvalue weighted by Gasteiger charge is 2.22. The Hall–Kier alpha value is -2.90. The summed E-state index contributed by atoms with van der Waals surface area (Å²) in [6, 6.07) is 14.5. The second-order valence-electron chi connectivity index (χ2n) is 6.35. The van der Waals surface area contributed by atoms with Gasteiger partial charge in [0.15, 0.2) is 16.8 Å². The number of hydrogen-bond acceptors (Lipinski definition) is 6. The first-order valence-corrected chi connectivity index (χ1v) is 10.2. The fourth-order valence-corrected chi connectivity index (χ4v) is 3.99. The summed E-state index contributed by atoms with van der Waals surface area (Å²) in [6.45, 7) is 2.30. The van der Waals surface area contributed by atoms with E-state index in [0.717, 1.165) is 11.3 Å². The summed E-state index contributed by atoms with van der Waals surface area (Å²) in [7, 11) is 0. The molecule has 0 spiro atoms. The minimum absolute atomic E-state index is 0.0204. The summed E-state index contributed by atoms with van der Waals surface area (Å²) >= 11 is 7.38. The van der Waals surface area contributed by atoms with Gasteiger partial charge in [0.2, 0.25) is 0 Å². The monoisotopic (exact) mass is 424 g/mol. The zero-order chi connectivity index (χ0) is 20.2. The molecule has 6 nitrogen and oxygen atoms in total. The number of nitrogens with zero attached hydrogens (tertiary/aromatic N) is 4. The van der Waals surface area contributed by atoms with Crippen LogP contribution < -0.4 is 0 Å². The lowest BCUT2D eigenvalue weighted by Crippen LogP contribution is -2.15. The predicted octanol–water partition coefficient (Wildman–Crippen LogP) is 5.00. The second-order valence-corrected chi connectivity index (χ2v) is 8.09. The quantitative estimate of drug-likeness (QED) is 0.307. The molecule has 0 aliphatic carbocycles. The average Bonchev–Trinajstić information content (AvgIpc) is 3.39. The molecule has 3 heterocycles. The van der Waals surface area contributed by atoms with Crippen molar-refractivity contribution in [1.82, 2.24) is 19.7 Å². The third-order valence-electron chi connectivity index (χ3n) is 4.29. The number of pyridine rings is 1. The molecule has 0 N–H and O–H groups in total. The number of halogens is 1. The highest BCUT2D eigenvalue weighted by Crippen LogP contribution is 2.29. The van der Waals surface area contributed by atoms with Gasteiger partial charge in [-0.05, 0) is 43.3 Å². The number of aromatic nitrogens is 4. The molecular weight excluding hydrogens is 408 g/mol. The standard InChI is InChI=1S/C21H17ClN4O2S/c1-14(19(27)15-5-2-7-17(22)11-15)29-21-25-24-20(16-6-3-9-23-12-16)26(21)13-18-8-4-10-28-18/h2-12,14H,13H2,1H3. The van der Waals surface area contributed by atoms with Crippen molar-refractivity contribution in [2.45, 2.75) is 23.9 Å². The van der Waals surface area contributed by atoms with E-state index in [4.69, 9.17) is 16.0 Å². The number of hydrogen-bond donors (Lipinski definition) is 0. The summed E-state index contributed by atoms with van der Waals surface area (Å²) in [5, 5.41) is 9.48. The number of Topliss-reactive ketones (excluding diaryl/α,β-unsaturated/α-hetero) is 1. The first kappa shape index (κ1) is 19.4. The van der Waals surface area contributed by atoms with Crippen LogP contribution in [0.15, 0.2) is 76.8 Å². The normalized spacial score (nSPS) is 12.1. The van der Waals surface area contributed by atoms with E-state index in [1.807, 2.05) is 35.8 Å². The van der Waals surface area contributed by atoms with Gasteiger partial charge in [0.25, 0.3) is 0 Å². The van der Waals surface area contributed by atoms with E-state index in [2.05, 4.69) is 15.2 Å². The van der Waals surface area contributed by atoms with E-state index in [0.29, 0.717) is 28.1 Å². The van der Waals surface area contributed by atoms with Crippen LogP contribution in [-0.4, -0.2) is 30.8 Å². The molecule has 8 heteroatoms. The molecule has 1 atom stereocenters. The molecule has 4 aromatic rings. The molecule has 0 aliphatic heterocycles. The van der Waals surface area contributed by atoms with Crippen LogP contribution in [-0.2, 0) is 6.54 Å². The number of furan rings is 1. The summed E-state index contributed by atoms with van der Waals surface area (Å²) in [6.07, 6.45) is 5.07. The number of ketones is 1. The fraction of sp³-hybridized carbons (Fsp3) is 0.143. The molecule has 3 aromatic heterocycles. The first-order chi connectivity index (χ1) is 14.1. The molecule has 1 unspecified atom stereocenters. The van der Waals surface area contributed by atoms with Gasteiger partial charge in [0, 0.05) is 28.5 Å². The molecule has 4 rings (SSSR count). The molecule has 0 aliphatic rings. The Labute approximate surface area is 176 Å². The Balaban J connectivity index is 1.64. The molecule has 0 radical (unpaired) electrons.